The Kier molecular flexibility index (Phi) is 5.15. The van der Waals surface area contributed by atoms with E-state index in [4.69, 9.17) is 0 Å². The molecule has 0 bridgehead atoms. The number of amides is 1. The number of hydrogen-bond donors (Lipinski definition) is 1. The number of sulfone groups is 1. The molecule has 2 aromatic rings. The lowest BCUT2D eigenvalue weighted by molar-refractivity contribution is -0.142. The first-order chi connectivity index (χ1) is 12.3. The van der Waals surface area contributed by atoms with Crippen molar-refractivity contribution in [3.63, 3.8) is 0 Å². The molecule has 0 aliphatic carbocycles. The fraction of sp³-hybridized carbons (Fsp3) is 0.444. The third-order valence-corrected chi connectivity index (χ3v) is 6.02. The van der Waals surface area contributed by atoms with E-state index in [0.29, 0.717) is 19.4 Å². The molecule has 1 aromatic carbocycles. The highest BCUT2D eigenvalue weighted by molar-refractivity contribution is 7.90. The van der Waals surface area contributed by atoms with Gasteiger partial charge < -0.3 is 10.2 Å². The normalized spacial score (nSPS) is 17.0. The summed E-state index contributed by atoms with van der Waals surface area (Å²) in [5.74, 6) is 0.0230. The van der Waals surface area contributed by atoms with Crippen molar-refractivity contribution in [2.45, 2.75) is 29.8 Å². The van der Waals surface area contributed by atoms with Crippen LogP contribution in [0.3, 0.4) is 0 Å². The SMILES string of the molecule is CN(Cc1ccc(S(C)(=O)=O)cc1)C(=O)C1(n2cccn2)CCNCC1. The number of nitrogens with one attached hydrogen (secondary N) is 1. The molecule has 1 amide bonds. The number of carbonyl (C=O) groups excluding carboxylic acids is 1. The van der Waals surface area contributed by atoms with Gasteiger partial charge in [-0.25, -0.2) is 8.42 Å². The van der Waals surface area contributed by atoms with E-state index in [0.717, 1.165) is 18.7 Å². The van der Waals surface area contributed by atoms with Crippen molar-refractivity contribution in [1.29, 1.82) is 0 Å². The molecule has 1 aromatic heterocycles. The van der Waals surface area contributed by atoms with Gasteiger partial charge in [0.15, 0.2) is 9.84 Å². The minimum atomic E-state index is -3.22. The molecular formula is C18H24N4O3S. The highest BCUT2D eigenvalue weighted by Crippen LogP contribution is 2.29. The maximum Gasteiger partial charge on any atom is 0.250 e. The predicted molar refractivity (Wildman–Crippen MR) is 98.3 cm³/mol. The second kappa shape index (κ2) is 7.20. The summed E-state index contributed by atoms with van der Waals surface area (Å²) in [7, 11) is -1.44. The number of benzene rings is 1. The second-order valence-electron chi connectivity index (χ2n) is 6.81. The summed E-state index contributed by atoms with van der Waals surface area (Å²) in [6.07, 6.45) is 6.09. The fourth-order valence-electron chi connectivity index (χ4n) is 3.45. The molecule has 7 nitrogen and oxygen atoms in total. The van der Waals surface area contributed by atoms with Crippen LogP contribution in [0, 0.1) is 0 Å². The van der Waals surface area contributed by atoms with E-state index >= 15 is 0 Å². The predicted octanol–water partition coefficient (Wildman–Crippen LogP) is 1.02. The Hall–Kier alpha value is -2.19. The Morgan fingerprint density at radius 1 is 1.27 bits per heavy atom. The van der Waals surface area contributed by atoms with Crippen LogP contribution in [0.25, 0.3) is 0 Å². The summed E-state index contributed by atoms with van der Waals surface area (Å²) in [4.78, 5) is 15.3. The number of rotatable bonds is 5. The number of nitrogens with zero attached hydrogens (tertiary/aromatic N) is 3. The zero-order valence-electron chi connectivity index (χ0n) is 15.1. The molecule has 0 radical (unpaired) electrons. The lowest BCUT2D eigenvalue weighted by Gasteiger charge is -2.39. The average Bonchev–Trinajstić information content (AvgIpc) is 3.16. The van der Waals surface area contributed by atoms with E-state index < -0.39 is 15.4 Å². The molecule has 1 aliphatic rings. The Balaban J connectivity index is 1.79. The smallest absolute Gasteiger partial charge is 0.250 e. The molecule has 1 aliphatic heterocycles. The molecule has 0 spiro atoms. The van der Waals surface area contributed by atoms with Crippen molar-refractivity contribution in [3.8, 4) is 0 Å². The second-order valence-corrected chi connectivity index (χ2v) is 8.83. The van der Waals surface area contributed by atoms with Crippen molar-refractivity contribution < 1.29 is 13.2 Å². The summed E-state index contributed by atoms with van der Waals surface area (Å²) in [6, 6.07) is 8.50. The van der Waals surface area contributed by atoms with E-state index in [1.807, 2.05) is 12.3 Å². The van der Waals surface area contributed by atoms with Crippen LogP contribution in [0.2, 0.25) is 0 Å². The molecule has 0 unspecified atom stereocenters. The van der Waals surface area contributed by atoms with Gasteiger partial charge in [-0.05, 0) is 49.7 Å². The molecule has 1 saturated heterocycles. The van der Waals surface area contributed by atoms with Crippen molar-refractivity contribution in [2.24, 2.45) is 0 Å². The van der Waals surface area contributed by atoms with Gasteiger partial charge in [-0.3, -0.25) is 9.48 Å². The zero-order chi connectivity index (χ0) is 18.8. The molecule has 0 saturated carbocycles. The molecule has 1 fully saturated rings. The minimum Gasteiger partial charge on any atom is -0.339 e. The van der Waals surface area contributed by atoms with E-state index in [-0.39, 0.29) is 10.8 Å². The third kappa shape index (κ3) is 3.66. The monoisotopic (exact) mass is 376 g/mol. The molecule has 0 atom stereocenters. The highest BCUT2D eigenvalue weighted by Gasteiger charge is 2.43. The van der Waals surface area contributed by atoms with E-state index in [9.17, 15) is 13.2 Å². The van der Waals surface area contributed by atoms with Crippen molar-refractivity contribution in [1.82, 2.24) is 20.0 Å². The summed E-state index contributed by atoms with van der Waals surface area (Å²) in [6.45, 7) is 1.95. The average molecular weight is 376 g/mol. The van der Waals surface area contributed by atoms with Gasteiger partial charge in [-0.2, -0.15) is 5.10 Å². The minimum absolute atomic E-state index is 0.0230. The third-order valence-electron chi connectivity index (χ3n) is 4.89. The van der Waals surface area contributed by atoms with Gasteiger partial charge in [-0.1, -0.05) is 12.1 Å². The van der Waals surface area contributed by atoms with Gasteiger partial charge in [0.25, 0.3) is 5.91 Å². The van der Waals surface area contributed by atoms with Crippen LogP contribution in [0.1, 0.15) is 18.4 Å². The first-order valence-corrected chi connectivity index (χ1v) is 10.5. The number of hydrogen-bond acceptors (Lipinski definition) is 5. The summed E-state index contributed by atoms with van der Waals surface area (Å²) < 4.78 is 24.9. The van der Waals surface area contributed by atoms with Crippen molar-refractivity contribution >= 4 is 15.7 Å². The lowest BCUT2D eigenvalue weighted by Crippen LogP contribution is -2.54. The van der Waals surface area contributed by atoms with E-state index in [2.05, 4.69) is 10.4 Å². The van der Waals surface area contributed by atoms with Crippen LogP contribution in [0.4, 0.5) is 0 Å². The quantitative estimate of drug-likeness (QED) is 0.842. The lowest BCUT2D eigenvalue weighted by atomic mass is 9.86. The largest absolute Gasteiger partial charge is 0.339 e. The van der Waals surface area contributed by atoms with Crippen LogP contribution >= 0.6 is 0 Å². The number of piperidine rings is 1. The molecular weight excluding hydrogens is 352 g/mol. The summed E-state index contributed by atoms with van der Waals surface area (Å²) in [5.41, 5.74) is 0.216. The van der Waals surface area contributed by atoms with Crippen LogP contribution in [-0.4, -0.2) is 55.4 Å². The molecule has 26 heavy (non-hydrogen) atoms. The van der Waals surface area contributed by atoms with Crippen molar-refractivity contribution in [2.75, 3.05) is 26.4 Å². The zero-order valence-corrected chi connectivity index (χ0v) is 15.9. The van der Waals surface area contributed by atoms with E-state index in [1.54, 1.807) is 47.1 Å². The van der Waals surface area contributed by atoms with Gasteiger partial charge in [0.1, 0.15) is 5.54 Å². The molecule has 140 valence electrons. The van der Waals surface area contributed by atoms with Crippen LogP contribution in [0.5, 0.6) is 0 Å². The van der Waals surface area contributed by atoms with Crippen LogP contribution in [-0.2, 0) is 26.7 Å². The Morgan fingerprint density at radius 2 is 1.92 bits per heavy atom. The standard InChI is InChI=1S/C18H24N4O3S/c1-21(14-15-4-6-16(7-5-15)26(2,24)25)17(23)18(8-11-19-12-9-18)22-13-3-10-20-22/h3-7,10,13,19H,8-9,11-12,14H2,1-2H3. The molecule has 3 rings (SSSR count). The van der Waals surface area contributed by atoms with Gasteiger partial charge in [-0.15, -0.1) is 0 Å². The molecule has 2 heterocycles. The maximum absolute atomic E-state index is 13.3. The number of likely N-dealkylation sites (N-methyl/N-ethyl adjacent to an activating group) is 1. The van der Waals surface area contributed by atoms with Gasteiger partial charge >= 0.3 is 0 Å². The maximum atomic E-state index is 13.3. The highest BCUT2D eigenvalue weighted by atomic mass is 32.2. The van der Waals surface area contributed by atoms with Gasteiger partial charge in [0, 0.05) is 32.2 Å². The van der Waals surface area contributed by atoms with Gasteiger partial charge in [0.2, 0.25) is 0 Å². The number of aromatic nitrogens is 2. The fourth-order valence-corrected chi connectivity index (χ4v) is 4.08. The topological polar surface area (TPSA) is 84.3 Å². The summed E-state index contributed by atoms with van der Waals surface area (Å²) in [5, 5.41) is 7.63. The van der Waals surface area contributed by atoms with Gasteiger partial charge in [0.05, 0.1) is 4.90 Å². The Bertz CT molecular complexity index is 854. The van der Waals surface area contributed by atoms with Crippen molar-refractivity contribution in [3.05, 3.63) is 48.3 Å². The Labute approximate surface area is 153 Å². The first-order valence-electron chi connectivity index (χ1n) is 8.58. The Morgan fingerprint density at radius 3 is 2.46 bits per heavy atom. The van der Waals surface area contributed by atoms with Crippen LogP contribution < -0.4 is 5.32 Å². The molecule has 1 N–H and O–H groups in total. The summed E-state index contributed by atoms with van der Waals surface area (Å²) >= 11 is 0. The van der Waals surface area contributed by atoms with Crippen LogP contribution in [0.15, 0.2) is 47.6 Å². The first kappa shape index (κ1) is 18.6. The van der Waals surface area contributed by atoms with E-state index in [1.165, 1.54) is 6.26 Å². The number of carbonyl (C=O) groups is 1. The molecule has 8 heteroatoms.